The van der Waals surface area contributed by atoms with Crippen molar-refractivity contribution in [1.82, 2.24) is 9.97 Å². The standard InChI is InChI=1S/C10H7ClN2S/c11-8-3-1-2-7(4-8)9-5-12-6-10(14)13-9/h1-6H,(H,13,14). The predicted molar refractivity (Wildman–Crippen MR) is 59.9 cm³/mol. The summed E-state index contributed by atoms with van der Waals surface area (Å²) in [6.07, 6.45) is 3.32. The normalized spacial score (nSPS) is 10.1. The summed E-state index contributed by atoms with van der Waals surface area (Å²) >= 11 is 10.9. The van der Waals surface area contributed by atoms with Gasteiger partial charge in [0.2, 0.25) is 0 Å². The summed E-state index contributed by atoms with van der Waals surface area (Å²) in [4.78, 5) is 7.06. The third kappa shape index (κ3) is 2.00. The van der Waals surface area contributed by atoms with Crippen LogP contribution in [0.1, 0.15) is 0 Å². The first kappa shape index (κ1) is 9.37. The Labute approximate surface area is 91.6 Å². The van der Waals surface area contributed by atoms with Crippen molar-refractivity contribution in [2.24, 2.45) is 0 Å². The molecule has 0 atom stereocenters. The monoisotopic (exact) mass is 222 g/mol. The Kier molecular flexibility index (Phi) is 2.61. The Balaban J connectivity index is 2.55. The maximum atomic E-state index is 5.87. The molecule has 1 aromatic heterocycles. The van der Waals surface area contributed by atoms with Crippen molar-refractivity contribution in [1.29, 1.82) is 0 Å². The van der Waals surface area contributed by atoms with Crippen molar-refractivity contribution in [2.45, 2.75) is 0 Å². The number of hydrogen-bond donors (Lipinski definition) is 1. The Morgan fingerprint density at radius 3 is 2.86 bits per heavy atom. The van der Waals surface area contributed by atoms with Crippen molar-refractivity contribution in [3.63, 3.8) is 0 Å². The Bertz CT molecular complexity index is 507. The summed E-state index contributed by atoms with van der Waals surface area (Å²) in [5, 5.41) is 0.700. The summed E-state index contributed by atoms with van der Waals surface area (Å²) in [5.41, 5.74) is 1.86. The van der Waals surface area contributed by atoms with Crippen LogP contribution < -0.4 is 0 Å². The molecule has 0 unspecified atom stereocenters. The van der Waals surface area contributed by atoms with Crippen LogP contribution in [0.15, 0.2) is 36.7 Å². The maximum absolute atomic E-state index is 5.87. The van der Waals surface area contributed by atoms with Crippen LogP contribution in [0.25, 0.3) is 11.3 Å². The quantitative estimate of drug-likeness (QED) is 0.749. The highest BCUT2D eigenvalue weighted by Gasteiger charge is 1.97. The van der Waals surface area contributed by atoms with E-state index in [0.29, 0.717) is 9.66 Å². The lowest BCUT2D eigenvalue weighted by Crippen LogP contribution is -1.85. The van der Waals surface area contributed by atoms with Gasteiger partial charge in [0, 0.05) is 10.6 Å². The van der Waals surface area contributed by atoms with Crippen LogP contribution in [0.4, 0.5) is 0 Å². The average Bonchev–Trinajstić information content (AvgIpc) is 2.18. The van der Waals surface area contributed by atoms with Gasteiger partial charge in [0.05, 0.1) is 18.1 Å². The molecule has 0 aliphatic rings. The van der Waals surface area contributed by atoms with Gasteiger partial charge in [-0.25, -0.2) is 0 Å². The second-order valence-electron chi connectivity index (χ2n) is 2.82. The number of nitrogens with one attached hydrogen (secondary N) is 1. The first-order chi connectivity index (χ1) is 6.75. The highest BCUT2D eigenvalue weighted by molar-refractivity contribution is 7.71. The summed E-state index contributed by atoms with van der Waals surface area (Å²) in [5.74, 6) is 0. The molecule has 1 aromatic carbocycles. The molecule has 70 valence electrons. The number of benzene rings is 1. The first-order valence-electron chi connectivity index (χ1n) is 4.06. The summed E-state index contributed by atoms with van der Waals surface area (Å²) < 4.78 is 0.613. The van der Waals surface area contributed by atoms with Crippen LogP contribution in [-0.4, -0.2) is 9.97 Å². The molecular weight excluding hydrogens is 216 g/mol. The van der Waals surface area contributed by atoms with Crippen LogP contribution in [0.3, 0.4) is 0 Å². The zero-order valence-electron chi connectivity index (χ0n) is 7.20. The molecule has 0 saturated heterocycles. The number of rotatable bonds is 1. The average molecular weight is 223 g/mol. The minimum Gasteiger partial charge on any atom is -0.344 e. The van der Waals surface area contributed by atoms with E-state index >= 15 is 0 Å². The molecule has 0 spiro atoms. The molecule has 0 saturated carbocycles. The molecule has 0 radical (unpaired) electrons. The van der Waals surface area contributed by atoms with Gasteiger partial charge in [0.1, 0.15) is 4.64 Å². The van der Waals surface area contributed by atoms with Gasteiger partial charge < -0.3 is 4.98 Å². The minimum atomic E-state index is 0.613. The van der Waals surface area contributed by atoms with Gasteiger partial charge in [0.15, 0.2) is 0 Å². The van der Waals surface area contributed by atoms with Gasteiger partial charge in [-0.3, -0.25) is 4.98 Å². The van der Waals surface area contributed by atoms with Gasteiger partial charge in [-0.15, -0.1) is 0 Å². The fraction of sp³-hybridized carbons (Fsp3) is 0. The molecule has 1 heterocycles. The van der Waals surface area contributed by atoms with Crippen molar-refractivity contribution in [3.8, 4) is 11.3 Å². The van der Waals surface area contributed by atoms with E-state index in [2.05, 4.69) is 9.97 Å². The van der Waals surface area contributed by atoms with Gasteiger partial charge in [0.25, 0.3) is 0 Å². The van der Waals surface area contributed by atoms with Crippen molar-refractivity contribution in [3.05, 3.63) is 46.3 Å². The van der Waals surface area contributed by atoms with Crippen LogP contribution in [0, 0.1) is 4.64 Å². The highest BCUT2D eigenvalue weighted by Crippen LogP contribution is 2.19. The van der Waals surface area contributed by atoms with Gasteiger partial charge >= 0.3 is 0 Å². The number of aromatic nitrogens is 2. The molecule has 14 heavy (non-hydrogen) atoms. The summed E-state index contributed by atoms with van der Waals surface area (Å²) in [6, 6.07) is 7.54. The van der Waals surface area contributed by atoms with E-state index in [1.807, 2.05) is 24.3 Å². The van der Waals surface area contributed by atoms with E-state index in [4.69, 9.17) is 23.8 Å². The van der Waals surface area contributed by atoms with Crippen LogP contribution in [0.5, 0.6) is 0 Å². The largest absolute Gasteiger partial charge is 0.344 e. The fourth-order valence-corrected chi connectivity index (χ4v) is 1.54. The molecular formula is C10H7ClN2S. The van der Waals surface area contributed by atoms with Gasteiger partial charge in [-0.1, -0.05) is 36.0 Å². The fourth-order valence-electron chi connectivity index (χ4n) is 1.18. The van der Waals surface area contributed by atoms with Gasteiger partial charge in [-0.05, 0) is 12.1 Å². The van der Waals surface area contributed by atoms with Crippen LogP contribution in [0.2, 0.25) is 5.02 Å². The SMILES string of the molecule is S=c1cncc(-c2cccc(Cl)c2)[nH]1. The lowest BCUT2D eigenvalue weighted by atomic mass is 10.2. The third-order valence-corrected chi connectivity index (χ3v) is 2.23. The topological polar surface area (TPSA) is 28.7 Å². The minimum absolute atomic E-state index is 0.613. The number of hydrogen-bond acceptors (Lipinski definition) is 2. The molecule has 2 rings (SSSR count). The van der Waals surface area contributed by atoms with Crippen LogP contribution >= 0.6 is 23.8 Å². The van der Waals surface area contributed by atoms with E-state index in [0.717, 1.165) is 11.3 Å². The summed E-state index contributed by atoms with van der Waals surface area (Å²) in [7, 11) is 0. The van der Waals surface area contributed by atoms with Crippen LogP contribution in [-0.2, 0) is 0 Å². The number of H-pyrrole nitrogens is 1. The molecule has 4 heteroatoms. The Morgan fingerprint density at radius 1 is 1.29 bits per heavy atom. The molecule has 0 bridgehead atoms. The molecule has 0 aliphatic heterocycles. The molecule has 0 amide bonds. The van der Waals surface area contributed by atoms with Crippen molar-refractivity contribution in [2.75, 3.05) is 0 Å². The zero-order valence-corrected chi connectivity index (χ0v) is 8.77. The Morgan fingerprint density at radius 2 is 2.14 bits per heavy atom. The maximum Gasteiger partial charge on any atom is 0.122 e. The summed E-state index contributed by atoms with van der Waals surface area (Å²) in [6.45, 7) is 0. The number of halogens is 1. The third-order valence-electron chi connectivity index (χ3n) is 1.79. The van der Waals surface area contributed by atoms with Gasteiger partial charge in [-0.2, -0.15) is 0 Å². The van der Waals surface area contributed by atoms with Crippen molar-refractivity contribution >= 4 is 23.8 Å². The molecule has 1 N–H and O–H groups in total. The molecule has 0 aliphatic carbocycles. The lowest BCUT2D eigenvalue weighted by molar-refractivity contribution is 1.18. The number of nitrogens with zero attached hydrogens (tertiary/aromatic N) is 1. The van der Waals surface area contributed by atoms with Crippen molar-refractivity contribution < 1.29 is 0 Å². The molecule has 0 fully saturated rings. The number of aromatic amines is 1. The van der Waals surface area contributed by atoms with E-state index in [1.165, 1.54) is 0 Å². The second-order valence-corrected chi connectivity index (χ2v) is 3.70. The van der Waals surface area contributed by atoms with E-state index in [1.54, 1.807) is 12.4 Å². The lowest BCUT2D eigenvalue weighted by Gasteiger charge is -2.00. The molecule has 2 aromatic rings. The van der Waals surface area contributed by atoms with E-state index in [9.17, 15) is 0 Å². The molecule has 2 nitrogen and oxygen atoms in total. The highest BCUT2D eigenvalue weighted by atomic mass is 35.5. The smallest absolute Gasteiger partial charge is 0.122 e. The second kappa shape index (κ2) is 3.90. The van der Waals surface area contributed by atoms with E-state index < -0.39 is 0 Å². The predicted octanol–water partition coefficient (Wildman–Crippen LogP) is 3.46. The Hall–Kier alpha value is -1.19. The van der Waals surface area contributed by atoms with E-state index in [-0.39, 0.29) is 0 Å². The first-order valence-corrected chi connectivity index (χ1v) is 4.84. The zero-order chi connectivity index (χ0) is 9.97.